The third-order valence-electron chi connectivity index (χ3n) is 4.15. The topological polar surface area (TPSA) is 92.0 Å². The fourth-order valence-corrected chi connectivity index (χ4v) is 2.79. The minimum Gasteiger partial charge on any atom is -0.506 e. The molecule has 1 aliphatic heterocycles. The van der Waals surface area contributed by atoms with Gasteiger partial charge in [-0.2, -0.15) is 0 Å². The lowest BCUT2D eigenvalue weighted by Crippen LogP contribution is -2.41. The van der Waals surface area contributed by atoms with Gasteiger partial charge in [0.2, 0.25) is 0 Å². The molecule has 1 aromatic carbocycles. The number of hydrogen-bond acceptors (Lipinski definition) is 6. The molecule has 1 saturated heterocycles. The molecule has 0 unspecified atom stereocenters. The minimum absolute atomic E-state index is 0.296. The molecule has 0 spiro atoms. The van der Waals surface area contributed by atoms with Crippen LogP contribution in [-0.4, -0.2) is 55.3 Å². The van der Waals surface area contributed by atoms with E-state index in [2.05, 4.69) is 10.2 Å². The lowest BCUT2D eigenvalue weighted by atomic mass is 10.1. The van der Waals surface area contributed by atoms with E-state index in [-0.39, 0.29) is 11.3 Å². The van der Waals surface area contributed by atoms with E-state index in [0.29, 0.717) is 37.3 Å². The van der Waals surface area contributed by atoms with E-state index in [0.717, 1.165) is 18.7 Å². The van der Waals surface area contributed by atoms with E-state index >= 15 is 0 Å². The highest BCUT2D eigenvalue weighted by Gasteiger charge is 2.21. The van der Waals surface area contributed by atoms with E-state index < -0.39 is 11.5 Å². The molecule has 0 bridgehead atoms. The number of nitrogens with zero attached hydrogens (tertiary/aromatic N) is 1. The number of carbonyl (C=O) groups is 1. The summed E-state index contributed by atoms with van der Waals surface area (Å²) in [5.74, 6) is -0.966. The summed E-state index contributed by atoms with van der Waals surface area (Å²) >= 11 is 0. The van der Waals surface area contributed by atoms with Crippen LogP contribution in [0.3, 0.4) is 0 Å². The third kappa shape index (κ3) is 3.27. The van der Waals surface area contributed by atoms with Crippen LogP contribution in [0.4, 0.5) is 0 Å². The fourth-order valence-electron chi connectivity index (χ4n) is 2.79. The van der Waals surface area contributed by atoms with Crippen molar-refractivity contribution in [2.75, 3.05) is 39.4 Å². The molecule has 7 heteroatoms. The van der Waals surface area contributed by atoms with Crippen LogP contribution < -0.4 is 10.9 Å². The molecule has 2 N–H and O–H groups in total. The Kier molecular flexibility index (Phi) is 4.82. The molecule has 3 rings (SSSR count). The van der Waals surface area contributed by atoms with Crippen molar-refractivity contribution in [2.24, 2.45) is 0 Å². The summed E-state index contributed by atoms with van der Waals surface area (Å²) in [6, 6.07) is 5.12. The maximum absolute atomic E-state index is 12.3. The Morgan fingerprint density at radius 1 is 1.33 bits per heavy atom. The highest BCUT2D eigenvalue weighted by molar-refractivity contribution is 6.01. The van der Waals surface area contributed by atoms with Gasteiger partial charge in [0.05, 0.1) is 18.6 Å². The van der Waals surface area contributed by atoms with Gasteiger partial charge in [-0.05, 0) is 18.6 Å². The first-order valence-electron chi connectivity index (χ1n) is 7.91. The Labute approximate surface area is 138 Å². The van der Waals surface area contributed by atoms with Gasteiger partial charge in [0.1, 0.15) is 11.3 Å². The molecular formula is C17H20N2O5. The summed E-state index contributed by atoms with van der Waals surface area (Å²) in [6.45, 7) is 5.81. The highest BCUT2D eigenvalue weighted by Crippen LogP contribution is 2.27. The van der Waals surface area contributed by atoms with Gasteiger partial charge >= 0.3 is 5.63 Å². The summed E-state index contributed by atoms with van der Waals surface area (Å²) in [7, 11) is 0. The molecule has 0 saturated carbocycles. The average molecular weight is 332 g/mol. The van der Waals surface area contributed by atoms with Gasteiger partial charge in [0.15, 0.2) is 5.56 Å². The fraction of sp³-hybridized carbons (Fsp3) is 0.412. The van der Waals surface area contributed by atoms with Gasteiger partial charge < -0.3 is 19.6 Å². The molecule has 0 atom stereocenters. The maximum atomic E-state index is 12.3. The number of rotatable bonds is 4. The molecule has 128 valence electrons. The summed E-state index contributed by atoms with van der Waals surface area (Å²) < 4.78 is 10.5. The maximum Gasteiger partial charge on any atom is 0.353 e. The van der Waals surface area contributed by atoms with Gasteiger partial charge in [-0.15, -0.1) is 0 Å². The van der Waals surface area contributed by atoms with Crippen LogP contribution in [0, 0.1) is 6.92 Å². The second kappa shape index (κ2) is 7.02. The van der Waals surface area contributed by atoms with Crippen LogP contribution in [0.15, 0.2) is 27.4 Å². The van der Waals surface area contributed by atoms with Crippen molar-refractivity contribution >= 4 is 16.9 Å². The van der Waals surface area contributed by atoms with Crippen molar-refractivity contribution in [3.63, 3.8) is 0 Å². The van der Waals surface area contributed by atoms with Crippen LogP contribution in [0.25, 0.3) is 11.0 Å². The van der Waals surface area contributed by atoms with Gasteiger partial charge in [0, 0.05) is 26.2 Å². The number of benzene rings is 1. The highest BCUT2D eigenvalue weighted by atomic mass is 16.5. The van der Waals surface area contributed by atoms with Crippen molar-refractivity contribution in [3.05, 3.63) is 39.7 Å². The number of carbonyl (C=O) groups excluding carboxylic acids is 1. The number of nitrogens with one attached hydrogen (secondary N) is 1. The smallest absolute Gasteiger partial charge is 0.353 e. The van der Waals surface area contributed by atoms with Crippen LogP contribution >= 0.6 is 0 Å². The van der Waals surface area contributed by atoms with Crippen LogP contribution in [0.1, 0.15) is 15.9 Å². The number of fused-ring (bicyclic) bond motifs is 1. The quantitative estimate of drug-likeness (QED) is 0.807. The van der Waals surface area contributed by atoms with E-state index in [9.17, 15) is 14.7 Å². The molecule has 1 fully saturated rings. The zero-order valence-corrected chi connectivity index (χ0v) is 13.5. The molecule has 1 amide bonds. The summed E-state index contributed by atoms with van der Waals surface area (Å²) in [5.41, 5.74) is -0.169. The van der Waals surface area contributed by atoms with Crippen molar-refractivity contribution in [2.45, 2.75) is 6.92 Å². The average Bonchev–Trinajstić information content (AvgIpc) is 2.57. The zero-order valence-electron chi connectivity index (χ0n) is 13.5. The van der Waals surface area contributed by atoms with E-state index in [1.165, 1.54) is 0 Å². The Hall–Kier alpha value is -2.38. The lowest BCUT2D eigenvalue weighted by Gasteiger charge is -2.26. The number of morpholine rings is 1. The number of para-hydroxylation sites is 1. The number of ether oxygens (including phenoxy) is 1. The zero-order chi connectivity index (χ0) is 17.1. The first-order valence-corrected chi connectivity index (χ1v) is 7.91. The monoisotopic (exact) mass is 332 g/mol. The SMILES string of the molecule is Cc1cccc2c(O)c(C(=O)NCCN3CCOCC3)c(=O)oc12. The van der Waals surface area contributed by atoms with Crippen molar-refractivity contribution in [1.29, 1.82) is 0 Å². The molecule has 2 heterocycles. The van der Waals surface area contributed by atoms with Gasteiger partial charge in [-0.1, -0.05) is 12.1 Å². The molecular weight excluding hydrogens is 312 g/mol. The molecule has 1 aromatic heterocycles. The number of aryl methyl sites for hydroxylation is 1. The van der Waals surface area contributed by atoms with Gasteiger partial charge in [0.25, 0.3) is 5.91 Å². The largest absolute Gasteiger partial charge is 0.506 e. The Morgan fingerprint density at radius 3 is 2.83 bits per heavy atom. The lowest BCUT2D eigenvalue weighted by molar-refractivity contribution is 0.0383. The summed E-state index contributed by atoms with van der Waals surface area (Å²) in [6.07, 6.45) is 0. The van der Waals surface area contributed by atoms with Crippen LogP contribution in [0.2, 0.25) is 0 Å². The Bertz CT molecular complexity index is 808. The van der Waals surface area contributed by atoms with Crippen molar-refractivity contribution < 1.29 is 19.1 Å². The van der Waals surface area contributed by atoms with E-state index in [1.807, 2.05) is 0 Å². The molecule has 2 aromatic rings. The van der Waals surface area contributed by atoms with Crippen molar-refractivity contribution in [1.82, 2.24) is 10.2 Å². The number of hydrogen-bond donors (Lipinski definition) is 2. The summed E-state index contributed by atoms with van der Waals surface area (Å²) in [4.78, 5) is 26.5. The molecule has 7 nitrogen and oxygen atoms in total. The van der Waals surface area contributed by atoms with Gasteiger partial charge in [-0.3, -0.25) is 9.69 Å². The third-order valence-corrected chi connectivity index (χ3v) is 4.15. The molecule has 0 aliphatic carbocycles. The van der Waals surface area contributed by atoms with Crippen LogP contribution in [0.5, 0.6) is 5.75 Å². The number of amides is 1. The first-order chi connectivity index (χ1) is 11.6. The molecule has 24 heavy (non-hydrogen) atoms. The molecule has 1 aliphatic rings. The van der Waals surface area contributed by atoms with E-state index in [1.54, 1.807) is 25.1 Å². The number of aromatic hydroxyl groups is 1. The standard InChI is InChI=1S/C17H20N2O5/c1-11-3-2-4-12-14(20)13(17(22)24-15(11)12)16(21)18-5-6-19-7-9-23-10-8-19/h2-4,20H,5-10H2,1H3,(H,18,21). The molecule has 0 radical (unpaired) electrons. The van der Waals surface area contributed by atoms with E-state index in [4.69, 9.17) is 9.15 Å². The predicted molar refractivity (Wildman–Crippen MR) is 88.5 cm³/mol. The summed E-state index contributed by atoms with van der Waals surface area (Å²) in [5, 5.41) is 13.3. The predicted octanol–water partition coefficient (Wildman–Crippen LogP) is 0.869. The minimum atomic E-state index is -0.835. The van der Waals surface area contributed by atoms with Gasteiger partial charge in [-0.25, -0.2) is 4.79 Å². The Morgan fingerprint density at radius 2 is 2.08 bits per heavy atom. The second-order valence-electron chi connectivity index (χ2n) is 5.77. The van der Waals surface area contributed by atoms with Crippen molar-refractivity contribution in [3.8, 4) is 5.75 Å². The second-order valence-corrected chi connectivity index (χ2v) is 5.77. The first kappa shape index (κ1) is 16.5. The van der Waals surface area contributed by atoms with Crippen LogP contribution in [-0.2, 0) is 4.74 Å². The Balaban J connectivity index is 1.76. The normalized spacial score (nSPS) is 15.5.